The molecule has 0 fully saturated rings. The monoisotopic (exact) mass is 269 g/mol. The maximum atomic E-state index is 6.04. The van der Waals surface area contributed by atoms with Crippen molar-refractivity contribution in [2.24, 2.45) is 5.73 Å². The molecule has 0 radical (unpaired) electrons. The van der Waals surface area contributed by atoms with Crippen LogP contribution < -0.4 is 15.2 Å². The summed E-state index contributed by atoms with van der Waals surface area (Å²) in [7, 11) is 1.68. The summed E-state index contributed by atoms with van der Waals surface area (Å²) in [6.45, 7) is 0.509. The molecule has 3 nitrogen and oxygen atoms in total. The highest BCUT2D eigenvalue weighted by atomic mass is 16.5. The van der Waals surface area contributed by atoms with Crippen LogP contribution in [-0.2, 0) is 13.0 Å². The zero-order chi connectivity index (χ0) is 13.9. The van der Waals surface area contributed by atoms with Gasteiger partial charge in [0.15, 0.2) is 0 Å². The van der Waals surface area contributed by atoms with Gasteiger partial charge < -0.3 is 15.2 Å². The maximum absolute atomic E-state index is 6.04. The van der Waals surface area contributed by atoms with Gasteiger partial charge >= 0.3 is 0 Å². The Morgan fingerprint density at radius 3 is 2.90 bits per heavy atom. The summed E-state index contributed by atoms with van der Waals surface area (Å²) >= 11 is 0. The van der Waals surface area contributed by atoms with Gasteiger partial charge in [-0.15, -0.1) is 0 Å². The molecule has 1 atom stereocenters. The van der Waals surface area contributed by atoms with E-state index in [9.17, 15) is 0 Å². The number of benzene rings is 2. The van der Waals surface area contributed by atoms with Crippen LogP contribution in [0.5, 0.6) is 11.5 Å². The Morgan fingerprint density at radius 1 is 1.20 bits per heavy atom. The molecule has 0 saturated heterocycles. The largest absolute Gasteiger partial charge is 0.496 e. The summed E-state index contributed by atoms with van der Waals surface area (Å²) in [6, 6.07) is 14.3. The predicted molar refractivity (Wildman–Crippen MR) is 79.0 cm³/mol. The second kappa shape index (κ2) is 5.55. The molecule has 0 aliphatic heterocycles. The molecule has 2 aromatic rings. The van der Waals surface area contributed by atoms with E-state index in [1.165, 1.54) is 11.1 Å². The van der Waals surface area contributed by atoms with Gasteiger partial charge in [-0.25, -0.2) is 0 Å². The zero-order valence-corrected chi connectivity index (χ0v) is 11.6. The van der Waals surface area contributed by atoms with Crippen molar-refractivity contribution in [3.63, 3.8) is 0 Å². The van der Waals surface area contributed by atoms with Crippen molar-refractivity contribution >= 4 is 0 Å². The molecule has 1 aliphatic rings. The number of fused-ring (bicyclic) bond motifs is 1. The molecule has 2 N–H and O–H groups in total. The van der Waals surface area contributed by atoms with Crippen LogP contribution in [0.3, 0.4) is 0 Å². The standard InChI is InChI=1S/C17H19NO2/c1-19-17-5-3-2-4-13(17)11-20-14-7-8-15-12(10-14)6-9-16(15)18/h2-5,7-8,10,16H,6,9,11,18H2,1H3/t16-/m1/s1. The van der Waals surface area contributed by atoms with Gasteiger partial charge in [0, 0.05) is 11.6 Å². The second-order valence-electron chi connectivity index (χ2n) is 5.11. The molecule has 0 amide bonds. The Morgan fingerprint density at radius 2 is 2.05 bits per heavy atom. The van der Waals surface area contributed by atoms with E-state index in [4.69, 9.17) is 15.2 Å². The number of nitrogens with two attached hydrogens (primary N) is 1. The van der Waals surface area contributed by atoms with Crippen molar-refractivity contribution in [1.29, 1.82) is 0 Å². The minimum Gasteiger partial charge on any atom is -0.496 e. The molecule has 0 heterocycles. The molecule has 0 spiro atoms. The lowest BCUT2D eigenvalue weighted by Crippen LogP contribution is -2.05. The van der Waals surface area contributed by atoms with Crippen LogP contribution in [0, 0.1) is 0 Å². The van der Waals surface area contributed by atoms with E-state index in [-0.39, 0.29) is 6.04 Å². The summed E-state index contributed by atoms with van der Waals surface area (Å²) in [5, 5.41) is 0. The molecule has 0 aromatic heterocycles. The number of hydrogen-bond acceptors (Lipinski definition) is 3. The molecule has 1 aliphatic carbocycles. The number of aryl methyl sites for hydroxylation is 1. The number of rotatable bonds is 4. The van der Waals surface area contributed by atoms with Gasteiger partial charge in [-0.05, 0) is 42.2 Å². The van der Waals surface area contributed by atoms with Gasteiger partial charge in [0.25, 0.3) is 0 Å². The fourth-order valence-corrected chi connectivity index (χ4v) is 2.70. The molecular formula is C17H19NO2. The van der Waals surface area contributed by atoms with Crippen molar-refractivity contribution in [2.45, 2.75) is 25.5 Å². The van der Waals surface area contributed by atoms with E-state index < -0.39 is 0 Å². The van der Waals surface area contributed by atoms with E-state index in [1.54, 1.807) is 7.11 Å². The van der Waals surface area contributed by atoms with E-state index in [0.717, 1.165) is 29.9 Å². The molecule has 3 rings (SSSR count). The van der Waals surface area contributed by atoms with Gasteiger partial charge in [0.05, 0.1) is 7.11 Å². The average Bonchev–Trinajstić information content (AvgIpc) is 2.86. The molecular weight excluding hydrogens is 250 g/mol. The molecule has 0 bridgehead atoms. The lowest BCUT2D eigenvalue weighted by molar-refractivity contribution is 0.296. The minimum atomic E-state index is 0.188. The van der Waals surface area contributed by atoms with E-state index in [1.807, 2.05) is 30.3 Å². The van der Waals surface area contributed by atoms with Crippen molar-refractivity contribution in [2.75, 3.05) is 7.11 Å². The van der Waals surface area contributed by atoms with Gasteiger partial charge in [0.2, 0.25) is 0 Å². The summed E-state index contributed by atoms with van der Waals surface area (Å²) in [6.07, 6.45) is 2.08. The lowest BCUT2D eigenvalue weighted by Gasteiger charge is -2.11. The molecule has 3 heteroatoms. The van der Waals surface area contributed by atoms with Crippen molar-refractivity contribution in [3.8, 4) is 11.5 Å². The third-order valence-corrected chi connectivity index (χ3v) is 3.83. The Balaban J connectivity index is 1.73. The fourth-order valence-electron chi connectivity index (χ4n) is 2.70. The van der Waals surface area contributed by atoms with Crippen LogP contribution in [0.2, 0.25) is 0 Å². The quantitative estimate of drug-likeness (QED) is 0.927. The fraction of sp³-hybridized carbons (Fsp3) is 0.294. The highest BCUT2D eigenvalue weighted by Crippen LogP contribution is 2.32. The average molecular weight is 269 g/mol. The number of hydrogen-bond donors (Lipinski definition) is 1. The Hall–Kier alpha value is -2.00. The van der Waals surface area contributed by atoms with Crippen molar-refractivity contribution in [3.05, 3.63) is 59.2 Å². The number of ether oxygens (including phenoxy) is 2. The first-order valence-electron chi connectivity index (χ1n) is 6.91. The highest BCUT2D eigenvalue weighted by Gasteiger charge is 2.19. The predicted octanol–water partition coefficient (Wildman–Crippen LogP) is 3.22. The highest BCUT2D eigenvalue weighted by molar-refractivity contribution is 5.41. The van der Waals surface area contributed by atoms with Crippen LogP contribution in [-0.4, -0.2) is 7.11 Å². The van der Waals surface area contributed by atoms with Crippen molar-refractivity contribution < 1.29 is 9.47 Å². The smallest absolute Gasteiger partial charge is 0.125 e. The zero-order valence-electron chi connectivity index (χ0n) is 11.6. The summed E-state index contributed by atoms with van der Waals surface area (Å²) in [4.78, 5) is 0. The third kappa shape index (κ3) is 2.49. The van der Waals surface area contributed by atoms with E-state index in [0.29, 0.717) is 6.61 Å². The lowest BCUT2D eigenvalue weighted by atomic mass is 10.1. The first-order valence-corrected chi connectivity index (χ1v) is 6.91. The Bertz CT molecular complexity index is 610. The Kier molecular flexibility index (Phi) is 3.61. The van der Waals surface area contributed by atoms with Crippen LogP contribution in [0.4, 0.5) is 0 Å². The third-order valence-electron chi connectivity index (χ3n) is 3.83. The van der Waals surface area contributed by atoms with E-state index >= 15 is 0 Å². The van der Waals surface area contributed by atoms with Crippen LogP contribution >= 0.6 is 0 Å². The van der Waals surface area contributed by atoms with Gasteiger partial charge in [-0.2, -0.15) is 0 Å². The maximum Gasteiger partial charge on any atom is 0.125 e. The minimum absolute atomic E-state index is 0.188. The molecule has 104 valence electrons. The number of methoxy groups -OCH3 is 1. The molecule has 2 aromatic carbocycles. The van der Waals surface area contributed by atoms with Gasteiger partial charge in [0.1, 0.15) is 18.1 Å². The summed E-state index contributed by atoms with van der Waals surface area (Å²) < 4.78 is 11.2. The Labute approximate surface area is 119 Å². The summed E-state index contributed by atoms with van der Waals surface area (Å²) in [5.41, 5.74) is 9.66. The molecule has 0 saturated carbocycles. The molecule has 0 unspecified atom stereocenters. The molecule has 20 heavy (non-hydrogen) atoms. The summed E-state index contributed by atoms with van der Waals surface area (Å²) in [5.74, 6) is 1.75. The van der Waals surface area contributed by atoms with Crippen LogP contribution in [0.15, 0.2) is 42.5 Å². The first kappa shape index (κ1) is 13.0. The second-order valence-corrected chi connectivity index (χ2v) is 5.11. The van der Waals surface area contributed by atoms with E-state index in [2.05, 4.69) is 12.1 Å². The number of para-hydroxylation sites is 1. The van der Waals surface area contributed by atoms with Gasteiger partial charge in [-0.1, -0.05) is 24.3 Å². The van der Waals surface area contributed by atoms with Crippen LogP contribution in [0.1, 0.15) is 29.2 Å². The SMILES string of the molecule is COc1ccccc1COc1ccc2c(c1)CC[C@H]2N. The normalized spacial score (nSPS) is 16.8. The van der Waals surface area contributed by atoms with Gasteiger partial charge in [-0.3, -0.25) is 0 Å². The topological polar surface area (TPSA) is 44.5 Å². The first-order chi connectivity index (χ1) is 9.78. The van der Waals surface area contributed by atoms with Crippen molar-refractivity contribution in [1.82, 2.24) is 0 Å². The van der Waals surface area contributed by atoms with Crippen LogP contribution in [0.25, 0.3) is 0 Å².